The van der Waals surface area contributed by atoms with Crippen molar-refractivity contribution in [3.05, 3.63) is 65.2 Å². The Balaban J connectivity index is 2.33. The number of methoxy groups -OCH3 is 1. The highest BCUT2D eigenvalue weighted by Gasteiger charge is 2.12. The van der Waals surface area contributed by atoms with E-state index in [1.54, 1.807) is 7.11 Å². The van der Waals surface area contributed by atoms with E-state index in [0.717, 1.165) is 0 Å². The molecule has 0 amide bonds. The Morgan fingerprint density at radius 3 is 1.82 bits per heavy atom. The first-order valence-electron chi connectivity index (χ1n) is 5.65. The Kier molecular flexibility index (Phi) is 3.93. The summed E-state index contributed by atoms with van der Waals surface area (Å²) in [5.41, 5.74) is 3.64. The van der Waals surface area contributed by atoms with Crippen LogP contribution in [0.25, 0.3) is 0 Å². The van der Waals surface area contributed by atoms with Gasteiger partial charge in [0.1, 0.15) is 6.10 Å². The molecule has 2 heteroatoms. The molecule has 2 aromatic carbocycles. The molecule has 0 bridgehead atoms. The molecule has 0 saturated heterocycles. The number of rotatable bonds is 3. The minimum atomic E-state index is 0.0150. The summed E-state index contributed by atoms with van der Waals surface area (Å²) in [6.07, 6.45) is 0.0150. The maximum Gasteiger partial charge on any atom is 0.107 e. The van der Waals surface area contributed by atoms with Gasteiger partial charge < -0.3 is 4.74 Å². The first-order valence-corrected chi connectivity index (χ1v) is 6.23. The van der Waals surface area contributed by atoms with Crippen LogP contribution in [0.1, 0.15) is 22.8 Å². The Bertz CT molecular complexity index is 428. The van der Waals surface area contributed by atoms with Gasteiger partial charge in [0.15, 0.2) is 0 Å². The summed E-state index contributed by atoms with van der Waals surface area (Å²) in [6, 6.07) is 16.9. The van der Waals surface area contributed by atoms with Crippen LogP contribution in [-0.4, -0.2) is 7.11 Å². The number of hydrogen-bond donors (Lipinski definition) is 0. The summed E-state index contributed by atoms with van der Waals surface area (Å²) in [7, 11) is 4.44. The first-order chi connectivity index (χ1) is 8.20. The molecule has 2 unspecified atom stereocenters. The Morgan fingerprint density at radius 2 is 1.35 bits per heavy atom. The second-order valence-corrected chi connectivity index (χ2v) is 4.86. The number of benzene rings is 2. The van der Waals surface area contributed by atoms with Crippen LogP contribution in [0.15, 0.2) is 48.5 Å². The van der Waals surface area contributed by atoms with E-state index in [-0.39, 0.29) is 6.10 Å². The zero-order valence-electron chi connectivity index (χ0n) is 10.2. The van der Waals surface area contributed by atoms with Crippen LogP contribution in [0.3, 0.4) is 0 Å². The second-order valence-electron chi connectivity index (χ2n) is 4.19. The summed E-state index contributed by atoms with van der Waals surface area (Å²) in [5, 5.41) is 1.19. The third-order valence-corrected chi connectivity index (χ3v) is 3.24. The van der Waals surface area contributed by atoms with E-state index in [9.17, 15) is 0 Å². The molecule has 0 spiro atoms. The third kappa shape index (κ3) is 2.94. The summed E-state index contributed by atoms with van der Waals surface area (Å²) < 4.78 is 5.60. The molecule has 0 radical (unpaired) electrons. The third-order valence-electron chi connectivity index (χ3n) is 2.86. The fourth-order valence-electron chi connectivity index (χ4n) is 1.88. The number of ether oxygens (including phenoxy) is 1. The van der Waals surface area contributed by atoms with Crippen molar-refractivity contribution < 1.29 is 4.74 Å². The van der Waals surface area contributed by atoms with Crippen LogP contribution < -0.4 is 5.30 Å². The maximum atomic E-state index is 5.60. The highest BCUT2D eigenvalue weighted by atomic mass is 31.0. The van der Waals surface area contributed by atoms with Crippen molar-refractivity contribution >= 4 is 14.5 Å². The van der Waals surface area contributed by atoms with E-state index in [2.05, 4.69) is 64.7 Å². The lowest BCUT2D eigenvalue weighted by atomic mass is 10.0. The van der Waals surface area contributed by atoms with Gasteiger partial charge in [0.25, 0.3) is 0 Å². The SMILES string of the molecule is COC(c1ccc(C)cc1)c1ccc(P)cc1. The molecule has 0 aliphatic heterocycles. The van der Waals surface area contributed by atoms with Crippen molar-refractivity contribution in [2.24, 2.45) is 0 Å². The van der Waals surface area contributed by atoms with E-state index < -0.39 is 0 Å². The van der Waals surface area contributed by atoms with Crippen LogP contribution in [0.2, 0.25) is 0 Å². The van der Waals surface area contributed by atoms with Crippen LogP contribution in [0.4, 0.5) is 0 Å². The highest BCUT2D eigenvalue weighted by molar-refractivity contribution is 7.27. The molecule has 1 nitrogen and oxygen atoms in total. The average molecular weight is 244 g/mol. The molecule has 2 atom stereocenters. The molecule has 88 valence electrons. The molecule has 2 aromatic rings. The number of hydrogen-bond acceptors (Lipinski definition) is 1. The monoisotopic (exact) mass is 244 g/mol. The van der Waals surface area contributed by atoms with E-state index >= 15 is 0 Å². The Hall–Kier alpha value is -1.17. The molecule has 0 heterocycles. The molecule has 0 N–H and O–H groups in total. The smallest absolute Gasteiger partial charge is 0.107 e. The molecular formula is C15H17OP. The summed E-state index contributed by atoms with van der Waals surface area (Å²) in [5.74, 6) is 0. The van der Waals surface area contributed by atoms with Gasteiger partial charge in [0.05, 0.1) is 0 Å². The summed E-state index contributed by atoms with van der Waals surface area (Å²) in [6.45, 7) is 2.09. The quantitative estimate of drug-likeness (QED) is 0.753. The molecule has 0 saturated carbocycles. The van der Waals surface area contributed by atoms with Gasteiger partial charge in [-0.1, -0.05) is 54.1 Å². The van der Waals surface area contributed by atoms with Crippen molar-refractivity contribution in [1.29, 1.82) is 0 Å². The van der Waals surface area contributed by atoms with Gasteiger partial charge in [-0.3, -0.25) is 0 Å². The molecular weight excluding hydrogens is 227 g/mol. The van der Waals surface area contributed by atoms with Crippen molar-refractivity contribution in [2.45, 2.75) is 13.0 Å². The topological polar surface area (TPSA) is 9.23 Å². The lowest BCUT2D eigenvalue weighted by Crippen LogP contribution is -2.04. The Labute approximate surface area is 105 Å². The fraction of sp³-hybridized carbons (Fsp3) is 0.200. The largest absolute Gasteiger partial charge is 0.372 e. The van der Waals surface area contributed by atoms with Crippen molar-refractivity contribution in [3.8, 4) is 0 Å². The normalized spacial score (nSPS) is 12.4. The fourth-order valence-corrected chi connectivity index (χ4v) is 2.07. The zero-order valence-corrected chi connectivity index (χ0v) is 11.3. The van der Waals surface area contributed by atoms with Crippen LogP contribution in [-0.2, 0) is 4.74 Å². The van der Waals surface area contributed by atoms with Gasteiger partial charge >= 0.3 is 0 Å². The molecule has 17 heavy (non-hydrogen) atoms. The van der Waals surface area contributed by atoms with Gasteiger partial charge in [0.2, 0.25) is 0 Å². The molecule has 0 aliphatic carbocycles. The Morgan fingerprint density at radius 1 is 0.882 bits per heavy atom. The lowest BCUT2D eigenvalue weighted by molar-refractivity contribution is 0.136. The van der Waals surface area contributed by atoms with E-state index in [1.165, 1.54) is 22.0 Å². The molecule has 0 aliphatic rings. The second kappa shape index (κ2) is 5.44. The molecule has 0 fully saturated rings. The highest BCUT2D eigenvalue weighted by Crippen LogP contribution is 2.25. The minimum absolute atomic E-state index is 0.0150. The van der Waals surface area contributed by atoms with E-state index in [1.807, 2.05) is 0 Å². The van der Waals surface area contributed by atoms with Gasteiger partial charge in [-0.25, -0.2) is 0 Å². The summed E-state index contributed by atoms with van der Waals surface area (Å²) >= 11 is 0. The van der Waals surface area contributed by atoms with E-state index in [0.29, 0.717) is 0 Å². The van der Waals surface area contributed by atoms with Crippen molar-refractivity contribution in [2.75, 3.05) is 7.11 Å². The predicted molar refractivity (Wildman–Crippen MR) is 75.8 cm³/mol. The van der Waals surface area contributed by atoms with Crippen LogP contribution in [0, 0.1) is 6.92 Å². The molecule has 0 aromatic heterocycles. The van der Waals surface area contributed by atoms with Gasteiger partial charge in [-0.2, -0.15) is 0 Å². The van der Waals surface area contributed by atoms with Gasteiger partial charge in [0, 0.05) is 7.11 Å². The van der Waals surface area contributed by atoms with Crippen LogP contribution in [0.5, 0.6) is 0 Å². The maximum absolute atomic E-state index is 5.60. The summed E-state index contributed by atoms with van der Waals surface area (Å²) in [4.78, 5) is 0. The zero-order chi connectivity index (χ0) is 12.3. The number of aryl methyl sites for hydroxylation is 1. The average Bonchev–Trinajstić information content (AvgIpc) is 2.35. The van der Waals surface area contributed by atoms with Crippen molar-refractivity contribution in [3.63, 3.8) is 0 Å². The predicted octanol–water partition coefficient (Wildman–Crippen LogP) is 3.23. The van der Waals surface area contributed by atoms with Crippen molar-refractivity contribution in [1.82, 2.24) is 0 Å². The van der Waals surface area contributed by atoms with E-state index in [4.69, 9.17) is 4.74 Å². The molecule has 2 rings (SSSR count). The minimum Gasteiger partial charge on any atom is -0.372 e. The van der Waals surface area contributed by atoms with Gasteiger partial charge in [-0.15, -0.1) is 9.24 Å². The van der Waals surface area contributed by atoms with Crippen LogP contribution >= 0.6 is 9.24 Å². The van der Waals surface area contributed by atoms with Gasteiger partial charge in [-0.05, 0) is 23.4 Å². The first kappa shape index (κ1) is 12.3. The lowest BCUT2D eigenvalue weighted by Gasteiger charge is -2.16. The standard InChI is InChI=1S/C15H17OP/c1-11-3-5-12(6-4-11)15(16-2)13-7-9-14(17)10-8-13/h3-10,15H,17H2,1-2H3.